The fourth-order valence-electron chi connectivity index (χ4n) is 3.20. The fraction of sp³-hybridized carbons (Fsp3) is 0.526. The third-order valence-electron chi connectivity index (χ3n) is 4.46. The zero-order valence-corrected chi connectivity index (χ0v) is 14.9. The summed E-state index contributed by atoms with van der Waals surface area (Å²) in [6.45, 7) is 2.22. The lowest BCUT2D eigenvalue weighted by Crippen LogP contribution is -2.22. The Morgan fingerprint density at radius 1 is 1.26 bits per heavy atom. The highest BCUT2D eigenvalue weighted by molar-refractivity contribution is 7.99. The van der Waals surface area contributed by atoms with E-state index < -0.39 is 0 Å². The first-order valence-corrected chi connectivity index (χ1v) is 9.66. The minimum Gasteiger partial charge on any atom is -0.497 e. The first kappa shape index (κ1) is 16.4. The highest BCUT2D eigenvalue weighted by Crippen LogP contribution is 2.36. The maximum Gasteiger partial charge on any atom is 0.119 e. The van der Waals surface area contributed by atoms with Gasteiger partial charge >= 0.3 is 0 Å². The van der Waals surface area contributed by atoms with E-state index in [4.69, 9.17) is 4.74 Å². The van der Waals surface area contributed by atoms with Crippen molar-refractivity contribution in [1.82, 2.24) is 4.98 Å². The first-order chi connectivity index (χ1) is 11.3. The summed E-state index contributed by atoms with van der Waals surface area (Å²) in [7, 11) is 1.72. The van der Waals surface area contributed by atoms with Crippen molar-refractivity contribution in [2.75, 3.05) is 18.2 Å². The molecule has 0 saturated heterocycles. The summed E-state index contributed by atoms with van der Waals surface area (Å²) >= 11 is 1.90. The summed E-state index contributed by atoms with van der Waals surface area (Å²) in [4.78, 5) is 5.91. The molecule has 0 bridgehead atoms. The van der Waals surface area contributed by atoms with Crippen LogP contribution in [0.1, 0.15) is 45.4 Å². The van der Waals surface area contributed by atoms with E-state index in [9.17, 15) is 0 Å². The van der Waals surface area contributed by atoms with Gasteiger partial charge in [-0.3, -0.25) is 4.98 Å². The number of aromatic nitrogens is 1. The molecule has 1 aliphatic rings. The Balaban J connectivity index is 1.99. The van der Waals surface area contributed by atoms with Gasteiger partial charge in [-0.1, -0.05) is 26.2 Å². The Kier molecular flexibility index (Phi) is 5.65. The molecule has 0 amide bonds. The van der Waals surface area contributed by atoms with Crippen molar-refractivity contribution in [1.29, 1.82) is 0 Å². The number of anilines is 1. The van der Waals surface area contributed by atoms with Crippen molar-refractivity contribution in [3.05, 3.63) is 24.4 Å². The number of hydrogen-bond donors (Lipinski definition) is 1. The summed E-state index contributed by atoms with van der Waals surface area (Å²) in [6, 6.07) is 6.73. The van der Waals surface area contributed by atoms with Gasteiger partial charge in [0.05, 0.1) is 18.3 Å². The Morgan fingerprint density at radius 2 is 2.09 bits per heavy atom. The van der Waals surface area contributed by atoms with Crippen molar-refractivity contribution in [2.45, 2.75) is 56.4 Å². The third-order valence-corrected chi connectivity index (χ3v) is 5.69. The van der Waals surface area contributed by atoms with Crippen LogP contribution in [0.3, 0.4) is 0 Å². The number of hydrogen-bond acceptors (Lipinski definition) is 4. The van der Waals surface area contributed by atoms with E-state index in [1.165, 1.54) is 54.5 Å². The molecule has 1 saturated carbocycles. The molecule has 4 heteroatoms. The second kappa shape index (κ2) is 7.91. The van der Waals surface area contributed by atoms with E-state index >= 15 is 0 Å². The van der Waals surface area contributed by atoms with Crippen LogP contribution in [0.2, 0.25) is 0 Å². The number of benzene rings is 1. The molecular weight excluding hydrogens is 304 g/mol. The quantitative estimate of drug-likeness (QED) is 0.710. The maximum atomic E-state index is 5.43. The lowest BCUT2D eigenvalue weighted by atomic mass is 9.95. The summed E-state index contributed by atoms with van der Waals surface area (Å²) < 4.78 is 5.43. The molecule has 3 rings (SSSR count). The number of rotatable bonds is 6. The van der Waals surface area contributed by atoms with Crippen molar-refractivity contribution < 1.29 is 4.74 Å². The highest BCUT2D eigenvalue weighted by atomic mass is 32.2. The second-order valence-electron chi connectivity index (χ2n) is 6.21. The topological polar surface area (TPSA) is 34.1 Å². The highest BCUT2D eigenvalue weighted by Gasteiger charge is 2.17. The van der Waals surface area contributed by atoms with Gasteiger partial charge in [-0.25, -0.2) is 0 Å². The van der Waals surface area contributed by atoms with Crippen molar-refractivity contribution in [3.8, 4) is 5.75 Å². The molecule has 1 aliphatic carbocycles. The molecule has 23 heavy (non-hydrogen) atoms. The average molecular weight is 330 g/mol. The van der Waals surface area contributed by atoms with Crippen molar-refractivity contribution in [2.24, 2.45) is 0 Å². The first-order valence-electron chi connectivity index (χ1n) is 8.68. The molecule has 0 radical (unpaired) electrons. The van der Waals surface area contributed by atoms with Gasteiger partial charge in [0.2, 0.25) is 0 Å². The van der Waals surface area contributed by atoms with E-state index in [0.717, 1.165) is 17.0 Å². The lowest BCUT2D eigenvalue weighted by Gasteiger charge is -2.26. The molecule has 0 atom stereocenters. The van der Waals surface area contributed by atoms with E-state index in [-0.39, 0.29) is 0 Å². The standard InChI is InChI=1S/C19H26N2OS/c1-3-11-23-18-13-20-17-10-9-15(22-2)12-16(17)19(18)21-14-7-5-4-6-8-14/h9-10,12-14H,3-8,11H2,1-2H3,(H,20,21). The molecule has 0 aliphatic heterocycles. The Bertz CT molecular complexity index is 653. The van der Waals surface area contributed by atoms with Crippen LogP contribution in [0.4, 0.5) is 5.69 Å². The number of fused-ring (bicyclic) bond motifs is 1. The van der Waals surface area contributed by atoms with Crippen LogP contribution in [0, 0.1) is 0 Å². The Labute approximate surface area is 143 Å². The van der Waals surface area contributed by atoms with Crippen LogP contribution >= 0.6 is 11.8 Å². The normalized spacial score (nSPS) is 15.7. The van der Waals surface area contributed by atoms with E-state index in [2.05, 4.69) is 29.4 Å². The van der Waals surface area contributed by atoms with Crippen LogP contribution in [-0.2, 0) is 0 Å². The second-order valence-corrected chi connectivity index (χ2v) is 7.35. The number of methoxy groups -OCH3 is 1. The SMILES string of the molecule is CCCSc1cnc2ccc(OC)cc2c1NC1CCCCC1. The zero-order valence-electron chi connectivity index (χ0n) is 14.1. The van der Waals surface area contributed by atoms with Gasteiger partial charge in [-0.05, 0) is 43.2 Å². The largest absolute Gasteiger partial charge is 0.497 e. The van der Waals surface area contributed by atoms with Crippen molar-refractivity contribution in [3.63, 3.8) is 0 Å². The molecule has 0 spiro atoms. The van der Waals surface area contributed by atoms with E-state index in [1.54, 1.807) is 7.11 Å². The monoisotopic (exact) mass is 330 g/mol. The minimum absolute atomic E-state index is 0.585. The Hall–Kier alpha value is -1.42. The third kappa shape index (κ3) is 3.92. The smallest absolute Gasteiger partial charge is 0.119 e. The van der Waals surface area contributed by atoms with Gasteiger partial charge in [0, 0.05) is 22.5 Å². The molecule has 124 valence electrons. The van der Waals surface area contributed by atoms with Crippen molar-refractivity contribution >= 4 is 28.4 Å². The van der Waals surface area contributed by atoms with E-state index in [1.807, 2.05) is 24.0 Å². The number of nitrogens with one attached hydrogen (secondary N) is 1. The zero-order chi connectivity index (χ0) is 16.1. The number of pyridine rings is 1. The number of nitrogens with zero attached hydrogens (tertiary/aromatic N) is 1. The molecule has 1 N–H and O–H groups in total. The molecule has 1 heterocycles. The van der Waals surface area contributed by atoms with Crippen LogP contribution < -0.4 is 10.1 Å². The molecule has 2 aromatic rings. The summed E-state index contributed by atoms with van der Waals surface area (Å²) in [6.07, 6.45) is 9.78. The van der Waals surface area contributed by atoms with Gasteiger partial charge in [0.15, 0.2) is 0 Å². The Morgan fingerprint density at radius 3 is 2.83 bits per heavy atom. The van der Waals surface area contributed by atoms with Crippen LogP contribution in [-0.4, -0.2) is 23.9 Å². The summed E-state index contributed by atoms with van der Waals surface area (Å²) in [5, 5.41) is 5.01. The predicted molar refractivity (Wildman–Crippen MR) is 99.8 cm³/mol. The van der Waals surface area contributed by atoms with Gasteiger partial charge in [-0.15, -0.1) is 11.8 Å². The average Bonchev–Trinajstić information content (AvgIpc) is 2.61. The van der Waals surface area contributed by atoms with Gasteiger partial charge in [-0.2, -0.15) is 0 Å². The summed E-state index contributed by atoms with van der Waals surface area (Å²) in [5.41, 5.74) is 2.28. The minimum atomic E-state index is 0.585. The van der Waals surface area contributed by atoms with Gasteiger partial charge in [0.25, 0.3) is 0 Å². The molecular formula is C19H26N2OS. The fourth-order valence-corrected chi connectivity index (χ4v) is 4.07. The van der Waals surface area contributed by atoms with Crippen LogP contribution in [0.15, 0.2) is 29.3 Å². The molecule has 1 fully saturated rings. The number of ether oxygens (including phenoxy) is 1. The van der Waals surface area contributed by atoms with E-state index in [0.29, 0.717) is 6.04 Å². The molecule has 1 aromatic carbocycles. The maximum absolute atomic E-state index is 5.43. The van der Waals surface area contributed by atoms with Gasteiger partial charge < -0.3 is 10.1 Å². The predicted octanol–water partition coefficient (Wildman–Crippen LogP) is 5.49. The summed E-state index contributed by atoms with van der Waals surface area (Å²) in [5.74, 6) is 2.01. The van der Waals surface area contributed by atoms with Gasteiger partial charge in [0.1, 0.15) is 5.75 Å². The molecule has 1 aromatic heterocycles. The van der Waals surface area contributed by atoms with Crippen LogP contribution in [0.25, 0.3) is 10.9 Å². The molecule has 0 unspecified atom stereocenters. The lowest BCUT2D eigenvalue weighted by molar-refractivity contribution is 0.415. The number of thioether (sulfide) groups is 1. The van der Waals surface area contributed by atoms with Crippen LogP contribution in [0.5, 0.6) is 5.75 Å². The molecule has 3 nitrogen and oxygen atoms in total.